The van der Waals surface area contributed by atoms with Gasteiger partial charge in [0.15, 0.2) is 11.5 Å². The molecule has 0 heterocycles. The molecule has 0 radical (unpaired) electrons. The van der Waals surface area contributed by atoms with Crippen LogP contribution in [0.1, 0.15) is 46.1 Å². The topological polar surface area (TPSA) is 56.8 Å². The Labute approximate surface area is 173 Å². The molecule has 0 bridgehead atoms. The molecule has 5 nitrogen and oxygen atoms in total. The van der Waals surface area contributed by atoms with Crippen LogP contribution < -0.4 is 19.5 Å². The molecule has 0 spiro atoms. The van der Waals surface area contributed by atoms with E-state index in [1.165, 1.54) is 6.08 Å². The third-order valence-electron chi connectivity index (χ3n) is 3.94. The van der Waals surface area contributed by atoms with E-state index in [0.717, 1.165) is 29.9 Å². The normalized spacial score (nSPS) is 10.9. The quantitative estimate of drug-likeness (QED) is 0.390. The molecule has 1 N–H and O–H groups in total. The molecule has 29 heavy (non-hydrogen) atoms. The first-order valence-electron chi connectivity index (χ1n) is 10.2. The van der Waals surface area contributed by atoms with Crippen LogP contribution in [-0.4, -0.2) is 25.2 Å². The van der Waals surface area contributed by atoms with E-state index >= 15 is 0 Å². The molecule has 0 aromatic heterocycles. The van der Waals surface area contributed by atoms with E-state index in [0.29, 0.717) is 24.7 Å². The van der Waals surface area contributed by atoms with Crippen molar-refractivity contribution in [2.24, 2.45) is 0 Å². The van der Waals surface area contributed by atoms with Crippen LogP contribution in [0.2, 0.25) is 0 Å². The fourth-order valence-electron chi connectivity index (χ4n) is 2.59. The molecule has 0 fully saturated rings. The number of carbonyl (C=O) groups excluding carboxylic acids is 1. The van der Waals surface area contributed by atoms with Gasteiger partial charge >= 0.3 is 0 Å². The van der Waals surface area contributed by atoms with Crippen LogP contribution in [0, 0.1) is 0 Å². The molecule has 0 unspecified atom stereocenters. The van der Waals surface area contributed by atoms with Crippen LogP contribution >= 0.6 is 0 Å². The second kappa shape index (κ2) is 11.8. The fourth-order valence-corrected chi connectivity index (χ4v) is 2.59. The van der Waals surface area contributed by atoms with E-state index in [-0.39, 0.29) is 12.0 Å². The minimum absolute atomic E-state index is 0.114. The van der Waals surface area contributed by atoms with Crippen molar-refractivity contribution >= 4 is 17.7 Å². The minimum Gasteiger partial charge on any atom is -0.491 e. The van der Waals surface area contributed by atoms with Gasteiger partial charge in [-0.3, -0.25) is 4.79 Å². The Hall–Kier alpha value is -2.95. The second-order valence-corrected chi connectivity index (χ2v) is 6.85. The van der Waals surface area contributed by atoms with Gasteiger partial charge in [-0.15, -0.1) is 0 Å². The lowest BCUT2D eigenvalue weighted by molar-refractivity contribution is -0.111. The average Bonchev–Trinajstić information content (AvgIpc) is 2.69. The molecule has 2 rings (SSSR count). The number of nitrogens with one attached hydrogen (secondary N) is 1. The van der Waals surface area contributed by atoms with Gasteiger partial charge in [-0.05, 0) is 75.2 Å². The van der Waals surface area contributed by atoms with Crippen LogP contribution in [0.4, 0.5) is 5.69 Å². The molecule has 0 saturated heterocycles. The van der Waals surface area contributed by atoms with E-state index in [9.17, 15) is 4.79 Å². The van der Waals surface area contributed by atoms with Crippen LogP contribution in [0.15, 0.2) is 48.5 Å². The zero-order valence-corrected chi connectivity index (χ0v) is 17.7. The van der Waals surface area contributed by atoms with Crippen molar-refractivity contribution in [1.82, 2.24) is 0 Å². The van der Waals surface area contributed by atoms with Gasteiger partial charge < -0.3 is 19.5 Å². The molecule has 0 saturated carbocycles. The Kier molecular flexibility index (Phi) is 9.09. The van der Waals surface area contributed by atoms with Crippen molar-refractivity contribution < 1.29 is 19.0 Å². The summed E-state index contributed by atoms with van der Waals surface area (Å²) in [5, 5.41) is 2.84. The Bertz CT molecular complexity index is 797. The Morgan fingerprint density at radius 2 is 1.79 bits per heavy atom. The van der Waals surface area contributed by atoms with Crippen LogP contribution in [0.5, 0.6) is 17.2 Å². The SMILES string of the molecule is CCCCOc1ccc(/C=C/C(=O)Nc2ccc(OC(C)C)cc2)cc1OCC. The average molecular weight is 398 g/mol. The maximum absolute atomic E-state index is 12.2. The number of hydrogen-bond donors (Lipinski definition) is 1. The molecule has 0 aliphatic heterocycles. The Balaban J connectivity index is 1.98. The summed E-state index contributed by atoms with van der Waals surface area (Å²) in [4.78, 5) is 12.2. The van der Waals surface area contributed by atoms with Crippen molar-refractivity contribution in [3.63, 3.8) is 0 Å². The predicted molar refractivity (Wildman–Crippen MR) is 118 cm³/mol. The lowest BCUT2D eigenvalue weighted by atomic mass is 10.2. The lowest BCUT2D eigenvalue weighted by Crippen LogP contribution is -2.08. The lowest BCUT2D eigenvalue weighted by Gasteiger charge is -2.12. The summed E-state index contributed by atoms with van der Waals surface area (Å²) in [5.41, 5.74) is 1.58. The predicted octanol–water partition coefficient (Wildman–Crippen LogP) is 5.70. The van der Waals surface area contributed by atoms with E-state index in [1.807, 2.05) is 63.2 Å². The van der Waals surface area contributed by atoms with Crippen LogP contribution in [0.3, 0.4) is 0 Å². The molecule has 1 amide bonds. The second-order valence-electron chi connectivity index (χ2n) is 6.85. The Morgan fingerprint density at radius 3 is 2.45 bits per heavy atom. The highest BCUT2D eigenvalue weighted by molar-refractivity contribution is 6.01. The summed E-state index contributed by atoms with van der Waals surface area (Å²) in [6.45, 7) is 9.22. The summed E-state index contributed by atoms with van der Waals surface area (Å²) in [6, 6.07) is 13.0. The van der Waals surface area contributed by atoms with Crippen LogP contribution in [-0.2, 0) is 4.79 Å². The summed E-state index contributed by atoms with van der Waals surface area (Å²) in [6.07, 6.45) is 5.44. The van der Waals surface area contributed by atoms with Gasteiger partial charge in [-0.25, -0.2) is 0 Å². The standard InChI is InChI=1S/C24H31NO4/c1-5-7-16-28-22-14-8-19(17-23(22)27-6-2)9-15-24(26)25-20-10-12-21(13-11-20)29-18(3)4/h8-15,17-18H,5-7,16H2,1-4H3,(H,25,26)/b15-9+. The maximum Gasteiger partial charge on any atom is 0.248 e. The summed E-state index contributed by atoms with van der Waals surface area (Å²) in [5.74, 6) is 1.99. The highest BCUT2D eigenvalue weighted by Gasteiger charge is 2.06. The number of anilines is 1. The molecule has 0 atom stereocenters. The molecule has 2 aromatic rings. The first-order valence-corrected chi connectivity index (χ1v) is 10.2. The summed E-state index contributed by atoms with van der Waals surface area (Å²) >= 11 is 0. The number of unbranched alkanes of at least 4 members (excludes halogenated alkanes) is 1. The largest absolute Gasteiger partial charge is 0.491 e. The van der Waals surface area contributed by atoms with E-state index in [1.54, 1.807) is 6.08 Å². The van der Waals surface area contributed by atoms with Crippen molar-refractivity contribution in [2.75, 3.05) is 18.5 Å². The van der Waals surface area contributed by atoms with Crippen LogP contribution in [0.25, 0.3) is 6.08 Å². The highest BCUT2D eigenvalue weighted by atomic mass is 16.5. The third kappa shape index (κ3) is 7.90. The van der Waals surface area contributed by atoms with Crippen molar-refractivity contribution in [1.29, 1.82) is 0 Å². The number of rotatable bonds is 11. The van der Waals surface area contributed by atoms with Gasteiger partial charge in [0.1, 0.15) is 5.75 Å². The van der Waals surface area contributed by atoms with Gasteiger partial charge in [0.05, 0.1) is 19.3 Å². The maximum atomic E-state index is 12.2. The molecular weight excluding hydrogens is 366 g/mol. The van der Waals surface area contributed by atoms with Crippen molar-refractivity contribution in [3.8, 4) is 17.2 Å². The van der Waals surface area contributed by atoms with Gasteiger partial charge in [0.25, 0.3) is 0 Å². The molecule has 5 heteroatoms. The van der Waals surface area contributed by atoms with Crippen molar-refractivity contribution in [2.45, 2.75) is 46.6 Å². The monoisotopic (exact) mass is 397 g/mol. The molecular formula is C24H31NO4. The first-order chi connectivity index (χ1) is 14.0. The van der Waals surface area contributed by atoms with E-state index in [2.05, 4.69) is 12.2 Å². The summed E-state index contributed by atoms with van der Waals surface area (Å²) < 4.78 is 17.1. The van der Waals surface area contributed by atoms with Gasteiger partial charge in [0.2, 0.25) is 5.91 Å². The highest BCUT2D eigenvalue weighted by Crippen LogP contribution is 2.29. The number of amides is 1. The van der Waals surface area contributed by atoms with Gasteiger partial charge in [-0.1, -0.05) is 19.4 Å². The summed E-state index contributed by atoms with van der Waals surface area (Å²) in [7, 11) is 0. The number of hydrogen-bond acceptors (Lipinski definition) is 4. The van der Waals surface area contributed by atoms with Crippen molar-refractivity contribution in [3.05, 3.63) is 54.1 Å². The van der Waals surface area contributed by atoms with Gasteiger partial charge in [0, 0.05) is 11.8 Å². The fraction of sp³-hybridized carbons (Fsp3) is 0.375. The molecule has 0 aliphatic carbocycles. The zero-order valence-electron chi connectivity index (χ0n) is 17.7. The molecule has 0 aliphatic rings. The Morgan fingerprint density at radius 1 is 1.03 bits per heavy atom. The zero-order chi connectivity index (χ0) is 21.1. The number of carbonyl (C=O) groups is 1. The minimum atomic E-state index is -0.205. The van der Waals surface area contributed by atoms with E-state index < -0.39 is 0 Å². The molecule has 2 aromatic carbocycles. The van der Waals surface area contributed by atoms with E-state index in [4.69, 9.17) is 14.2 Å². The number of benzene rings is 2. The third-order valence-corrected chi connectivity index (χ3v) is 3.94. The molecule has 156 valence electrons. The smallest absolute Gasteiger partial charge is 0.248 e. The number of ether oxygens (including phenoxy) is 3. The first kappa shape index (κ1) is 22.3. The van der Waals surface area contributed by atoms with Gasteiger partial charge in [-0.2, -0.15) is 0 Å².